The molecule has 1 aliphatic carbocycles. The average Bonchev–Trinajstić information content (AvgIpc) is 2.29. The van der Waals surface area contributed by atoms with Crippen LogP contribution in [0.3, 0.4) is 0 Å². The van der Waals surface area contributed by atoms with E-state index in [-0.39, 0.29) is 0 Å². The number of likely N-dealkylation sites (tertiary alicyclic amines) is 1. The third-order valence-electron chi connectivity index (χ3n) is 3.85. The third kappa shape index (κ3) is 3.47. The van der Waals surface area contributed by atoms with Gasteiger partial charge in [0.1, 0.15) is 0 Å². The zero-order chi connectivity index (χ0) is 12.3. The van der Waals surface area contributed by atoms with Crippen molar-refractivity contribution in [2.75, 3.05) is 20.1 Å². The van der Waals surface area contributed by atoms with Crippen LogP contribution in [0.15, 0.2) is 36.1 Å². The minimum absolute atomic E-state index is 0.451. The molecule has 0 aromatic rings. The third-order valence-corrected chi connectivity index (χ3v) is 3.85. The molecule has 0 bridgehead atoms. The minimum Gasteiger partial charge on any atom is -0.382 e. The molecule has 2 heteroatoms. The summed E-state index contributed by atoms with van der Waals surface area (Å²) in [5, 5.41) is 3.59. The van der Waals surface area contributed by atoms with Gasteiger partial charge in [0.05, 0.1) is 0 Å². The summed E-state index contributed by atoms with van der Waals surface area (Å²) in [6.07, 6.45) is 10.2. The van der Waals surface area contributed by atoms with Gasteiger partial charge in [-0.25, -0.2) is 0 Å². The van der Waals surface area contributed by atoms with Crippen molar-refractivity contribution >= 4 is 0 Å². The Bertz CT molecular complexity index is 333. The van der Waals surface area contributed by atoms with Crippen molar-refractivity contribution in [1.29, 1.82) is 0 Å². The van der Waals surface area contributed by atoms with Gasteiger partial charge in [0, 0.05) is 17.7 Å². The van der Waals surface area contributed by atoms with Crippen molar-refractivity contribution in [2.24, 2.45) is 5.92 Å². The molecule has 2 rings (SSSR count). The molecular formula is C15H24N2. The van der Waals surface area contributed by atoms with Crippen LogP contribution in [0.2, 0.25) is 0 Å². The standard InChI is InChI=1S/C15H24N2/c1-12-5-4-6-15(11-12)16-13(2)14-7-9-17(3)10-8-14/h4-6,14-16H,2,7-11H2,1,3H3. The molecule has 2 aliphatic rings. The Balaban J connectivity index is 1.81. The topological polar surface area (TPSA) is 15.3 Å². The van der Waals surface area contributed by atoms with Crippen LogP contribution in [0, 0.1) is 5.92 Å². The fourth-order valence-electron chi connectivity index (χ4n) is 2.65. The van der Waals surface area contributed by atoms with Gasteiger partial charge in [0.15, 0.2) is 0 Å². The Morgan fingerprint density at radius 3 is 2.76 bits per heavy atom. The molecule has 17 heavy (non-hydrogen) atoms. The van der Waals surface area contributed by atoms with Gasteiger partial charge in [-0.1, -0.05) is 30.4 Å². The first kappa shape index (κ1) is 12.4. The van der Waals surface area contributed by atoms with Gasteiger partial charge in [-0.15, -0.1) is 0 Å². The van der Waals surface area contributed by atoms with Crippen molar-refractivity contribution in [3.63, 3.8) is 0 Å². The number of nitrogens with zero attached hydrogens (tertiary/aromatic N) is 1. The first-order chi connectivity index (χ1) is 8.15. The molecule has 0 amide bonds. The van der Waals surface area contributed by atoms with Crippen LogP contribution < -0.4 is 5.32 Å². The van der Waals surface area contributed by atoms with Gasteiger partial charge >= 0.3 is 0 Å². The summed E-state index contributed by atoms with van der Waals surface area (Å²) in [6, 6.07) is 0.451. The Kier molecular flexibility index (Phi) is 4.06. The summed E-state index contributed by atoms with van der Waals surface area (Å²) < 4.78 is 0. The van der Waals surface area contributed by atoms with Gasteiger partial charge < -0.3 is 10.2 Å². The highest BCUT2D eigenvalue weighted by Crippen LogP contribution is 2.23. The lowest BCUT2D eigenvalue weighted by atomic mass is 9.93. The van der Waals surface area contributed by atoms with E-state index in [1.807, 2.05) is 0 Å². The Morgan fingerprint density at radius 1 is 1.41 bits per heavy atom. The second-order valence-corrected chi connectivity index (χ2v) is 5.46. The quantitative estimate of drug-likeness (QED) is 0.805. The molecule has 1 unspecified atom stereocenters. The van der Waals surface area contributed by atoms with Crippen LogP contribution in [0.5, 0.6) is 0 Å². The number of hydrogen-bond donors (Lipinski definition) is 1. The fourth-order valence-corrected chi connectivity index (χ4v) is 2.65. The normalized spacial score (nSPS) is 26.7. The summed E-state index contributed by atoms with van der Waals surface area (Å²) in [7, 11) is 2.20. The number of allylic oxidation sites excluding steroid dienone is 3. The monoisotopic (exact) mass is 232 g/mol. The van der Waals surface area contributed by atoms with E-state index in [4.69, 9.17) is 0 Å². The summed E-state index contributed by atoms with van der Waals surface area (Å²) in [4.78, 5) is 2.40. The molecule has 0 aromatic heterocycles. The maximum Gasteiger partial charge on any atom is 0.0481 e. The lowest BCUT2D eigenvalue weighted by molar-refractivity contribution is 0.232. The van der Waals surface area contributed by atoms with E-state index in [0.29, 0.717) is 12.0 Å². The van der Waals surface area contributed by atoms with Crippen LogP contribution in [-0.4, -0.2) is 31.1 Å². The summed E-state index contributed by atoms with van der Waals surface area (Å²) in [5.74, 6) is 0.658. The van der Waals surface area contributed by atoms with E-state index in [9.17, 15) is 0 Å². The van der Waals surface area contributed by atoms with Gasteiger partial charge in [-0.3, -0.25) is 0 Å². The second kappa shape index (κ2) is 5.54. The van der Waals surface area contributed by atoms with E-state index in [0.717, 1.165) is 6.42 Å². The van der Waals surface area contributed by atoms with Crippen LogP contribution in [-0.2, 0) is 0 Å². The van der Waals surface area contributed by atoms with Crippen LogP contribution in [0.1, 0.15) is 26.2 Å². The number of piperidine rings is 1. The van der Waals surface area contributed by atoms with Gasteiger partial charge in [0.2, 0.25) is 0 Å². The largest absolute Gasteiger partial charge is 0.382 e. The van der Waals surface area contributed by atoms with E-state index < -0.39 is 0 Å². The van der Waals surface area contributed by atoms with Gasteiger partial charge in [0.25, 0.3) is 0 Å². The second-order valence-electron chi connectivity index (χ2n) is 5.46. The number of hydrogen-bond acceptors (Lipinski definition) is 2. The Hall–Kier alpha value is -1.02. The van der Waals surface area contributed by atoms with Crippen molar-refractivity contribution in [2.45, 2.75) is 32.2 Å². The number of nitrogens with one attached hydrogen (secondary N) is 1. The highest BCUT2D eigenvalue weighted by Gasteiger charge is 2.20. The van der Waals surface area contributed by atoms with E-state index >= 15 is 0 Å². The van der Waals surface area contributed by atoms with E-state index in [1.165, 1.54) is 37.2 Å². The summed E-state index contributed by atoms with van der Waals surface area (Å²) in [6.45, 7) is 8.83. The molecule has 1 fully saturated rings. The van der Waals surface area contributed by atoms with Crippen LogP contribution >= 0.6 is 0 Å². The van der Waals surface area contributed by atoms with Crippen LogP contribution in [0.25, 0.3) is 0 Å². The molecule has 1 N–H and O–H groups in total. The van der Waals surface area contributed by atoms with E-state index in [2.05, 4.69) is 49.0 Å². The maximum absolute atomic E-state index is 4.24. The molecule has 1 aliphatic heterocycles. The molecule has 2 nitrogen and oxygen atoms in total. The molecule has 0 aromatic carbocycles. The molecule has 1 saturated heterocycles. The maximum atomic E-state index is 4.24. The molecule has 1 atom stereocenters. The lowest BCUT2D eigenvalue weighted by Crippen LogP contribution is -2.36. The predicted molar refractivity (Wildman–Crippen MR) is 73.8 cm³/mol. The zero-order valence-corrected chi connectivity index (χ0v) is 11.1. The van der Waals surface area contributed by atoms with Gasteiger partial charge in [-0.05, 0) is 46.3 Å². The number of rotatable bonds is 3. The Morgan fingerprint density at radius 2 is 2.12 bits per heavy atom. The first-order valence-electron chi connectivity index (χ1n) is 6.63. The Labute approximate surface area is 105 Å². The SMILES string of the molecule is C=C(NC1C=CC=C(C)C1)C1CCN(C)CC1. The highest BCUT2D eigenvalue weighted by atomic mass is 15.1. The minimum atomic E-state index is 0.451. The average molecular weight is 232 g/mol. The van der Waals surface area contributed by atoms with Crippen molar-refractivity contribution in [1.82, 2.24) is 10.2 Å². The van der Waals surface area contributed by atoms with Crippen molar-refractivity contribution < 1.29 is 0 Å². The highest BCUT2D eigenvalue weighted by molar-refractivity contribution is 5.22. The van der Waals surface area contributed by atoms with Gasteiger partial charge in [-0.2, -0.15) is 0 Å². The van der Waals surface area contributed by atoms with Crippen molar-refractivity contribution in [3.05, 3.63) is 36.1 Å². The van der Waals surface area contributed by atoms with Crippen LogP contribution in [0.4, 0.5) is 0 Å². The predicted octanol–water partition coefficient (Wildman–Crippen LogP) is 2.71. The fraction of sp³-hybridized carbons (Fsp3) is 0.600. The lowest BCUT2D eigenvalue weighted by Gasteiger charge is -2.32. The van der Waals surface area contributed by atoms with Crippen molar-refractivity contribution in [3.8, 4) is 0 Å². The smallest absolute Gasteiger partial charge is 0.0481 e. The molecule has 94 valence electrons. The molecule has 0 spiro atoms. The molecule has 0 saturated carbocycles. The molecule has 0 radical (unpaired) electrons. The summed E-state index contributed by atoms with van der Waals surface area (Å²) >= 11 is 0. The summed E-state index contributed by atoms with van der Waals surface area (Å²) in [5.41, 5.74) is 2.68. The first-order valence-corrected chi connectivity index (χ1v) is 6.63. The zero-order valence-electron chi connectivity index (χ0n) is 11.1. The molecular weight excluding hydrogens is 208 g/mol. The molecule has 1 heterocycles. The van der Waals surface area contributed by atoms with E-state index in [1.54, 1.807) is 0 Å².